The Bertz CT molecular complexity index is 1070. The Balaban J connectivity index is 1.78. The molecule has 0 fully saturated rings. The van der Waals surface area contributed by atoms with Gasteiger partial charge in [-0.25, -0.2) is 26.6 Å². The Kier molecular flexibility index (Phi) is 5.12. The van der Waals surface area contributed by atoms with E-state index >= 15 is 0 Å². The van der Waals surface area contributed by atoms with E-state index in [9.17, 15) is 17.2 Å². The first kappa shape index (κ1) is 18.6. The van der Waals surface area contributed by atoms with Gasteiger partial charge in [-0.15, -0.1) is 5.10 Å². The fraction of sp³-hybridized carbons (Fsp3) is 0.0667. The average molecular weight is 419 g/mol. The van der Waals surface area contributed by atoms with E-state index in [2.05, 4.69) is 14.8 Å². The molecular formula is C15H10Cl2F2N4O2S. The number of nitrogens with zero attached hydrogens (tertiary/aromatic N) is 3. The van der Waals surface area contributed by atoms with Crippen LogP contribution in [-0.2, 0) is 16.6 Å². The van der Waals surface area contributed by atoms with Crippen LogP contribution in [-0.4, -0.2) is 23.2 Å². The topological polar surface area (TPSA) is 76.9 Å². The molecule has 0 aliphatic heterocycles. The minimum Gasteiger partial charge on any atom is -0.246 e. The van der Waals surface area contributed by atoms with Crippen molar-refractivity contribution in [3.05, 3.63) is 70.0 Å². The Morgan fingerprint density at radius 2 is 1.85 bits per heavy atom. The van der Waals surface area contributed by atoms with Crippen molar-refractivity contribution in [3.8, 4) is 0 Å². The van der Waals surface area contributed by atoms with Crippen LogP contribution in [0.3, 0.4) is 0 Å². The van der Waals surface area contributed by atoms with Crippen molar-refractivity contribution < 1.29 is 17.2 Å². The monoisotopic (exact) mass is 418 g/mol. The molecule has 0 radical (unpaired) electrons. The lowest BCUT2D eigenvalue weighted by Gasteiger charge is -2.06. The maximum atomic E-state index is 13.2. The molecule has 136 valence electrons. The SMILES string of the molecule is O=S(=O)(Nc1ncn(Cc2ccc(Cl)cc2Cl)n1)c1ccc(F)c(F)c1. The van der Waals surface area contributed by atoms with E-state index in [1.807, 2.05) is 0 Å². The second-order valence-electron chi connectivity index (χ2n) is 5.18. The lowest BCUT2D eigenvalue weighted by atomic mass is 10.2. The maximum absolute atomic E-state index is 13.2. The highest BCUT2D eigenvalue weighted by Crippen LogP contribution is 2.22. The van der Waals surface area contributed by atoms with Gasteiger partial charge in [0.2, 0.25) is 0 Å². The Hall–Kier alpha value is -2.23. The van der Waals surface area contributed by atoms with Gasteiger partial charge in [0.25, 0.3) is 16.0 Å². The van der Waals surface area contributed by atoms with Crippen molar-refractivity contribution in [1.29, 1.82) is 0 Å². The van der Waals surface area contributed by atoms with Gasteiger partial charge in [-0.05, 0) is 35.9 Å². The van der Waals surface area contributed by atoms with Crippen LogP contribution in [0.4, 0.5) is 14.7 Å². The molecule has 11 heteroatoms. The summed E-state index contributed by atoms with van der Waals surface area (Å²) in [6, 6.07) is 7.16. The van der Waals surface area contributed by atoms with Crippen LogP contribution in [0.1, 0.15) is 5.56 Å². The van der Waals surface area contributed by atoms with E-state index in [4.69, 9.17) is 23.2 Å². The normalized spacial score (nSPS) is 11.5. The van der Waals surface area contributed by atoms with Crippen molar-refractivity contribution in [3.63, 3.8) is 0 Å². The van der Waals surface area contributed by atoms with Crippen LogP contribution in [0.15, 0.2) is 47.6 Å². The molecule has 0 saturated heterocycles. The van der Waals surface area contributed by atoms with E-state index < -0.39 is 26.6 Å². The minimum atomic E-state index is -4.16. The van der Waals surface area contributed by atoms with Gasteiger partial charge in [-0.2, -0.15) is 4.98 Å². The van der Waals surface area contributed by atoms with Crippen molar-refractivity contribution in [2.45, 2.75) is 11.4 Å². The number of hydrogen-bond donors (Lipinski definition) is 1. The number of anilines is 1. The minimum absolute atomic E-state index is 0.222. The summed E-state index contributed by atoms with van der Waals surface area (Å²) in [4.78, 5) is 3.38. The molecule has 0 atom stereocenters. The average Bonchev–Trinajstić information content (AvgIpc) is 2.99. The lowest BCUT2D eigenvalue weighted by Crippen LogP contribution is -2.15. The van der Waals surface area contributed by atoms with Crippen LogP contribution >= 0.6 is 23.2 Å². The molecule has 0 saturated carbocycles. The molecule has 6 nitrogen and oxygen atoms in total. The number of aromatic nitrogens is 3. The standard InChI is InChI=1S/C15H10Cl2F2N4O2S/c16-10-2-1-9(12(17)5-10)7-23-8-20-15(21-23)22-26(24,25)11-3-4-13(18)14(19)6-11/h1-6,8H,7H2,(H,21,22). The highest BCUT2D eigenvalue weighted by Gasteiger charge is 2.18. The molecule has 1 aromatic heterocycles. The van der Waals surface area contributed by atoms with Crippen LogP contribution in [0.25, 0.3) is 0 Å². The van der Waals surface area contributed by atoms with Crippen LogP contribution in [0.2, 0.25) is 10.0 Å². The second kappa shape index (κ2) is 7.18. The molecule has 1 N–H and O–H groups in total. The summed E-state index contributed by atoms with van der Waals surface area (Å²) in [6.07, 6.45) is 1.30. The summed E-state index contributed by atoms with van der Waals surface area (Å²) in [5.41, 5.74) is 0.705. The highest BCUT2D eigenvalue weighted by molar-refractivity contribution is 7.92. The third kappa shape index (κ3) is 4.12. The van der Waals surface area contributed by atoms with Crippen LogP contribution in [0.5, 0.6) is 0 Å². The zero-order valence-corrected chi connectivity index (χ0v) is 15.2. The molecule has 3 aromatic rings. The molecular weight excluding hydrogens is 409 g/mol. The Morgan fingerprint density at radius 1 is 1.08 bits per heavy atom. The van der Waals surface area contributed by atoms with Gasteiger partial charge in [0.1, 0.15) is 6.33 Å². The molecule has 0 bridgehead atoms. The summed E-state index contributed by atoms with van der Waals surface area (Å²) in [5, 5.41) is 4.89. The molecule has 0 aliphatic rings. The molecule has 1 heterocycles. The number of nitrogens with one attached hydrogen (secondary N) is 1. The van der Waals surface area contributed by atoms with Crippen molar-refractivity contribution in [2.75, 3.05) is 4.72 Å². The smallest absolute Gasteiger partial charge is 0.246 e. The first-order valence-electron chi connectivity index (χ1n) is 7.06. The van der Waals surface area contributed by atoms with Gasteiger partial charge in [0, 0.05) is 10.0 Å². The maximum Gasteiger partial charge on any atom is 0.264 e. The van der Waals surface area contributed by atoms with E-state index in [0.717, 1.165) is 12.1 Å². The van der Waals surface area contributed by atoms with Gasteiger partial charge < -0.3 is 0 Å². The van der Waals surface area contributed by atoms with Gasteiger partial charge in [-0.1, -0.05) is 29.3 Å². The molecule has 26 heavy (non-hydrogen) atoms. The van der Waals surface area contributed by atoms with Crippen molar-refractivity contribution >= 4 is 39.2 Å². The van der Waals surface area contributed by atoms with Gasteiger partial charge >= 0.3 is 0 Å². The van der Waals surface area contributed by atoms with Gasteiger partial charge in [-0.3, -0.25) is 0 Å². The predicted octanol–water partition coefficient (Wildman–Crippen LogP) is 3.71. The summed E-state index contributed by atoms with van der Waals surface area (Å²) < 4.78 is 54.0. The largest absolute Gasteiger partial charge is 0.264 e. The molecule has 2 aromatic carbocycles. The first-order chi connectivity index (χ1) is 12.2. The lowest BCUT2D eigenvalue weighted by molar-refractivity contribution is 0.504. The zero-order valence-electron chi connectivity index (χ0n) is 12.8. The van der Waals surface area contributed by atoms with Crippen LogP contribution < -0.4 is 4.72 Å². The molecule has 0 unspecified atom stereocenters. The summed E-state index contributed by atoms with van der Waals surface area (Å²) in [5.74, 6) is -2.64. The van der Waals surface area contributed by atoms with Crippen molar-refractivity contribution in [1.82, 2.24) is 14.8 Å². The molecule has 0 spiro atoms. The zero-order chi connectivity index (χ0) is 18.9. The van der Waals surface area contributed by atoms with Gasteiger partial charge in [0.05, 0.1) is 11.4 Å². The predicted molar refractivity (Wildman–Crippen MR) is 92.8 cm³/mol. The number of halogens is 4. The quantitative estimate of drug-likeness (QED) is 0.684. The Morgan fingerprint density at radius 3 is 2.54 bits per heavy atom. The third-order valence-corrected chi connectivity index (χ3v) is 5.22. The molecule has 0 amide bonds. The number of benzene rings is 2. The van der Waals surface area contributed by atoms with Crippen molar-refractivity contribution in [2.24, 2.45) is 0 Å². The number of hydrogen-bond acceptors (Lipinski definition) is 4. The number of sulfonamides is 1. The van der Waals surface area contributed by atoms with E-state index in [1.165, 1.54) is 11.0 Å². The third-order valence-electron chi connectivity index (χ3n) is 3.31. The van der Waals surface area contributed by atoms with E-state index in [-0.39, 0.29) is 12.5 Å². The summed E-state index contributed by atoms with van der Waals surface area (Å²) in [7, 11) is -4.16. The molecule has 3 rings (SSSR count). The first-order valence-corrected chi connectivity index (χ1v) is 9.30. The summed E-state index contributed by atoms with van der Waals surface area (Å²) >= 11 is 11.9. The highest BCUT2D eigenvalue weighted by atomic mass is 35.5. The fourth-order valence-corrected chi connectivity index (χ4v) is 3.49. The van der Waals surface area contributed by atoms with E-state index in [1.54, 1.807) is 18.2 Å². The Labute approximate surface area is 157 Å². The van der Waals surface area contributed by atoms with Gasteiger partial charge in [0.15, 0.2) is 11.6 Å². The summed E-state index contributed by atoms with van der Waals surface area (Å²) in [6.45, 7) is 0.232. The second-order valence-corrected chi connectivity index (χ2v) is 7.71. The molecule has 0 aliphatic carbocycles. The fourth-order valence-electron chi connectivity index (χ4n) is 2.07. The number of rotatable bonds is 5. The van der Waals surface area contributed by atoms with Crippen LogP contribution in [0, 0.1) is 11.6 Å². The van der Waals surface area contributed by atoms with E-state index in [0.29, 0.717) is 21.7 Å².